The Hall–Kier alpha value is -0.0800. The first-order valence-electron chi connectivity index (χ1n) is 4.53. The summed E-state index contributed by atoms with van der Waals surface area (Å²) in [5.41, 5.74) is 0. The molecule has 1 atom stereocenters. The van der Waals surface area contributed by atoms with E-state index < -0.39 is 0 Å². The average molecular weight is 159 g/mol. The van der Waals surface area contributed by atoms with E-state index in [9.17, 15) is 0 Å². The van der Waals surface area contributed by atoms with E-state index in [1.54, 1.807) is 0 Å². The summed E-state index contributed by atoms with van der Waals surface area (Å²) in [4.78, 5) is 2.20. The molecule has 1 unspecified atom stereocenters. The number of rotatable bonds is 6. The SMILES string of the molecule is CCCCC(C)N(C)CCO. The first kappa shape index (κ1) is 10.9. The quantitative estimate of drug-likeness (QED) is 0.634. The zero-order valence-electron chi connectivity index (χ0n) is 8.01. The second kappa shape index (κ2) is 6.62. The van der Waals surface area contributed by atoms with Gasteiger partial charge in [-0.2, -0.15) is 0 Å². The molecule has 0 fully saturated rings. The maximum absolute atomic E-state index is 8.67. The van der Waals surface area contributed by atoms with E-state index in [4.69, 9.17) is 5.11 Å². The van der Waals surface area contributed by atoms with Crippen LogP contribution in [-0.4, -0.2) is 36.2 Å². The van der Waals surface area contributed by atoms with Crippen LogP contribution in [-0.2, 0) is 0 Å². The fourth-order valence-electron chi connectivity index (χ4n) is 1.10. The second-order valence-corrected chi connectivity index (χ2v) is 3.20. The Bertz CT molecular complexity index is 85.6. The molecule has 2 heteroatoms. The maximum atomic E-state index is 8.67. The van der Waals surface area contributed by atoms with E-state index in [1.807, 2.05) is 0 Å². The van der Waals surface area contributed by atoms with Crippen molar-refractivity contribution in [1.29, 1.82) is 0 Å². The molecular formula is C9H21NO. The summed E-state index contributed by atoms with van der Waals surface area (Å²) in [6, 6.07) is 0.613. The zero-order valence-corrected chi connectivity index (χ0v) is 8.01. The van der Waals surface area contributed by atoms with Gasteiger partial charge in [0, 0.05) is 12.6 Å². The van der Waals surface area contributed by atoms with Crippen LogP contribution in [0, 0.1) is 0 Å². The summed E-state index contributed by atoms with van der Waals surface area (Å²) in [6.07, 6.45) is 3.79. The van der Waals surface area contributed by atoms with Crippen molar-refractivity contribution in [2.24, 2.45) is 0 Å². The molecule has 11 heavy (non-hydrogen) atoms. The second-order valence-electron chi connectivity index (χ2n) is 3.20. The third-order valence-corrected chi connectivity index (χ3v) is 2.18. The average Bonchev–Trinajstić information content (AvgIpc) is 2.00. The molecule has 0 aliphatic rings. The van der Waals surface area contributed by atoms with Crippen LogP contribution >= 0.6 is 0 Å². The van der Waals surface area contributed by atoms with E-state index in [-0.39, 0.29) is 6.61 Å². The highest BCUT2D eigenvalue weighted by Crippen LogP contribution is 2.05. The van der Waals surface area contributed by atoms with Crippen LogP contribution in [0.4, 0.5) is 0 Å². The Morgan fingerprint density at radius 1 is 1.45 bits per heavy atom. The van der Waals surface area contributed by atoms with Crippen LogP contribution < -0.4 is 0 Å². The van der Waals surface area contributed by atoms with Crippen LogP contribution in [0.15, 0.2) is 0 Å². The summed E-state index contributed by atoms with van der Waals surface area (Å²) in [5, 5.41) is 8.67. The van der Waals surface area contributed by atoms with Crippen LogP contribution in [0.3, 0.4) is 0 Å². The third-order valence-electron chi connectivity index (χ3n) is 2.18. The molecule has 68 valence electrons. The van der Waals surface area contributed by atoms with Crippen LogP contribution in [0.2, 0.25) is 0 Å². The van der Waals surface area contributed by atoms with Crippen LogP contribution in [0.25, 0.3) is 0 Å². The minimum atomic E-state index is 0.271. The van der Waals surface area contributed by atoms with Crippen molar-refractivity contribution in [3.8, 4) is 0 Å². The number of nitrogens with zero attached hydrogens (tertiary/aromatic N) is 1. The Labute approximate surface area is 70.2 Å². The topological polar surface area (TPSA) is 23.5 Å². The predicted octanol–water partition coefficient (Wildman–Crippen LogP) is 1.49. The first-order chi connectivity index (χ1) is 5.22. The predicted molar refractivity (Wildman–Crippen MR) is 48.7 cm³/mol. The van der Waals surface area contributed by atoms with Gasteiger partial charge in [-0.1, -0.05) is 19.8 Å². The summed E-state index contributed by atoms with van der Waals surface area (Å²) in [5.74, 6) is 0. The molecule has 0 bridgehead atoms. The van der Waals surface area contributed by atoms with Crippen molar-refractivity contribution >= 4 is 0 Å². The van der Waals surface area contributed by atoms with Gasteiger partial charge in [0.15, 0.2) is 0 Å². The highest BCUT2D eigenvalue weighted by Gasteiger charge is 2.06. The van der Waals surface area contributed by atoms with Crippen molar-refractivity contribution in [2.45, 2.75) is 39.2 Å². The normalized spacial score (nSPS) is 13.9. The van der Waals surface area contributed by atoms with E-state index in [2.05, 4.69) is 25.8 Å². The van der Waals surface area contributed by atoms with E-state index in [1.165, 1.54) is 19.3 Å². The van der Waals surface area contributed by atoms with Gasteiger partial charge in [0.25, 0.3) is 0 Å². The molecule has 2 nitrogen and oxygen atoms in total. The molecule has 0 saturated carbocycles. The van der Waals surface area contributed by atoms with Crippen LogP contribution in [0.1, 0.15) is 33.1 Å². The number of hydrogen-bond acceptors (Lipinski definition) is 2. The smallest absolute Gasteiger partial charge is 0.0558 e. The van der Waals surface area contributed by atoms with Crippen molar-refractivity contribution in [1.82, 2.24) is 4.90 Å². The van der Waals surface area contributed by atoms with Gasteiger partial charge < -0.3 is 10.0 Å². The minimum Gasteiger partial charge on any atom is -0.395 e. The molecule has 0 radical (unpaired) electrons. The highest BCUT2D eigenvalue weighted by atomic mass is 16.3. The molecule has 0 amide bonds. The molecule has 1 N–H and O–H groups in total. The lowest BCUT2D eigenvalue weighted by molar-refractivity contribution is 0.181. The minimum absolute atomic E-state index is 0.271. The van der Waals surface area contributed by atoms with Crippen molar-refractivity contribution in [2.75, 3.05) is 20.2 Å². The van der Waals surface area contributed by atoms with Gasteiger partial charge in [0.2, 0.25) is 0 Å². The van der Waals surface area contributed by atoms with Gasteiger partial charge in [0.05, 0.1) is 6.61 Å². The molecule has 0 aromatic rings. The lowest BCUT2D eigenvalue weighted by Crippen LogP contribution is -2.31. The Balaban J connectivity index is 3.38. The standard InChI is InChI=1S/C9H21NO/c1-4-5-6-9(2)10(3)7-8-11/h9,11H,4-8H2,1-3H3. The molecule has 0 aromatic carbocycles. The van der Waals surface area contributed by atoms with Gasteiger partial charge in [0.1, 0.15) is 0 Å². The molecule has 0 heterocycles. The van der Waals surface area contributed by atoms with Crippen molar-refractivity contribution in [3.63, 3.8) is 0 Å². The molecule has 0 rings (SSSR count). The number of aliphatic hydroxyl groups is 1. The van der Waals surface area contributed by atoms with Crippen molar-refractivity contribution < 1.29 is 5.11 Å². The Morgan fingerprint density at radius 3 is 2.55 bits per heavy atom. The Kier molecular flexibility index (Phi) is 6.57. The number of unbranched alkanes of at least 4 members (excludes halogenated alkanes) is 1. The summed E-state index contributed by atoms with van der Waals surface area (Å²) < 4.78 is 0. The molecule has 0 saturated heterocycles. The van der Waals surface area contributed by atoms with Crippen LogP contribution in [0.5, 0.6) is 0 Å². The third kappa shape index (κ3) is 5.22. The molecular weight excluding hydrogens is 138 g/mol. The molecule has 0 aliphatic carbocycles. The summed E-state index contributed by atoms with van der Waals surface area (Å²) >= 11 is 0. The monoisotopic (exact) mass is 159 g/mol. The number of likely N-dealkylation sites (N-methyl/N-ethyl adjacent to an activating group) is 1. The summed E-state index contributed by atoms with van der Waals surface area (Å²) in [6.45, 7) is 5.49. The van der Waals surface area contributed by atoms with Crippen molar-refractivity contribution in [3.05, 3.63) is 0 Å². The lowest BCUT2D eigenvalue weighted by atomic mass is 10.1. The van der Waals surface area contributed by atoms with Gasteiger partial charge in [-0.25, -0.2) is 0 Å². The first-order valence-corrected chi connectivity index (χ1v) is 4.53. The number of aliphatic hydroxyl groups excluding tert-OH is 1. The van der Waals surface area contributed by atoms with E-state index >= 15 is 0 Å². The fraction of sp³-hybridized carbons (Fsp3) is 1.00. The number of hydrogen-bond donors (Lipinski definition) is 1. The Morgan fingerprint density at radius 2 is 2.09 bits per heavy atom. The van der Waals surface area contributed by atoms with Gasteiger partial charge in [-0.15, -0.1) is 0 Å². The highest BCUT2D eigenvalue weighted by molar-refractivity contribution is 4.61. The lowest BCUT2D eigenvalue weighted by Gasteiger charge is -2.23. The summed E-state index contributed by atoms with van der Waals surface area (Å²) in [7, 11) is 2.07. The largest absolute Gasteiger partial charge is 0.395 e. The zero-order chi connectivity index (χ0) is 8.69. The van der Waals surface area contributed by atoms with Gasteiger partial charge in [-0.3, -0.25) is 0 Å². The van der Waals surface area contributed by atoms with Gasteiger partial charge >= 0.3 is 0 Å². The molecule has 0 aliphatic heterocycles. The maximum Gasteiger partial charge on any atom is 0.0558 e. The molecule has 0 aromatic heterocycles. The molecule has 0 spiro atoms. The van der Waals surface area contributed by atoms with E-state index in [0.29, 0.717) is 6.04 Å². The van der Waals surface area contributed by atoms with Gasteiger partial charge in [-0.05, 0) is 20.4 Å². The fourth-order valence-corrected chi connectivity index (χ4v) is 1.10. The van der Waals surface area contributed by atoms with E-state index in [0.717, 1.165) is 6.54 Å².